The molecule has 2 aliphatic heterocycles. The minimum absolute atomic E-state index is 0. The first-order chi connectivity index (χ1) is 9.80. The summed E-state index contributed by atoms with van der Waals surface area (Å²) in [4.78, 5) is 14.9. The topological polar surface area (TPSA) is 32.3 Å². The van der Waals surface area contributed by atoms with Gasteiger partial charge in [-0.05, 0) is 43.9 Å². The summed E-state index contributed by atoms with van der Waals surface area (Å²) in [6.45, 7) is 1.89. The summed E-state index contributed by atoms with van der Waals surface area (Å²) in [5, 5.41) is 3.35. The third-order valence-corrected chi connectivity index (χ3v) is 5.41. The number of amides is 1. The Morgan fingerprint density at radius 3 is 2.67 bits per heavy atom. The monoisotopic (exact) mass is 306 g/mol. The van der Waals surface area contributed by atoms with Crippen molar-refractivity contribution in [3.8, 4) is 0 Å². The number of anilines is 1. The van der Waals surface area contributed by atoms with Crippen LogP contribution in [0.1, 0.15) is 44.1 Å². The van der Waals surface area contributed by atoms with E-state index in [1.807, 2.05) is 0 Å². The molecule has 0 bridgehead atoms. The summed E-state index contributed by atoms with van der Waals surface area (Å²) >= 11 is 0. The van der Waals surface area contributed by atoms with Crippen LogP contribution in [0.3, 0.4) is 0 Å². The molecule has 2 fully saturated rings. The minimum Gasteiger partial charge on any atom is -0.310 e. The SMILES string of the molecule is Cl.O=C(C1CCCN1)N1CC2(CCCC2)c2ccccc21. The number of carbonyl (C=O) groups is 1. The van der Waals surface area contributed by atoms with Crippen LogP contribution < -0.4 is 10.2 Å². The van der Waals surface area contributed by atoms with E-state index in [0.717, 1.165) is 25.9 Å². The molecule has 1 aromatic rings. The van der Waals surface area contributed by atoms with E-state index in [-0.39, 0.29) is 23.9 Å². The predicted molar refractivity (Wildman–Crippen MR) is 87.2 cm³/mol. The van der Waals surface area contributed by atoms with E-state index in [4.69, 9.17) is 0 Å². The molecule has 1 unspecified atom stereocenters. The highest BCUT2D eigenvalue weighted by molar-refractivity contribution is 6.00. The third kappa shape index (κ3) is 2.27. The van der Waals surface area contributed by atoms with Gasteiger partial charge in [0, 0.05) is 17.6 Å². The second-order valence-electron chi connectivity index (χ2n) is 6.58. The lowest BCUT2D eigenvalue weighted by Gasteiger charge is -2.26. The molecular weight excluding hydrogens is 284 g/mol. The Hall–Kier alpha value is -1.06. The molecule has 21 heavy (non-hydrogen) atoms. The lowest BCUT2D eigenvalue weighted by Crippen LogP contribution is -2.45. The number of para-hydroxylation sites is 1. The number of rotatable bonds is 1. The molecule has 114 valence electrons. The number of hydrogen-bond donors (Lipinski definition) is 1. The number of hydrogen-bond acceptors (Lipinski definition) is 2. The van der Waals surface area contributed by atoms with Gasteiger partial charge >= 0.3 is 0 Å². The Labute approximate surface area is 132 Å². The number of carbonyl (C=O) groups excluding carboxylic acids is 1. The van der Waals surface area contributed by atoms with E-state index in [2.05, 4.69) is 34.5 Å². The van der Waals surface area contributed by atoms with Gasteiger partial charge in [-0.2, -0.15) is 0 Å². The van der Waals surface area contributed by atoms with Gasteiger partial charge in [0.15, 0.2) is 0 Å². The second-order valence-corrected chi connectivity index (χ2v) is 6.58. The standard InChI is InChI=1S/C17H22N2O.ClH/c20-16(14-7-5-11-18-14)19-12-17(9-3-4-10-17)13-6-1-2-8-15(13)19;/h1-2,6,8,14,18H,3-5,7,9-12H2;1H. The van der Waals surface area contributed by atoms with Crippen LogP contribution in [0.5, 0.6) is 0 Å². The largest absolute Gasteiger partial charge is 0.310 e. The van der Waals surface area contributed by atoms with Crippen molar-refractivity contribution in [3.63, 3.8) is 0 Å². The molecule has 1 spiro atoms. The zero-order valence-corrected chi connectivity index (χ0v) is 13.1. The van der Waals surface area contributed by atoms with Crippen molar-refractivity contribution in [2.75, 3.05) is 18.0 Å². The Morgan fingerprint density at radius 1 is 1.19 bits per heavy atom. The predicted octanol–water partition coefficient (Wildman–Crippen LogP) is 3.02. The van der Waals surface area contributed by atoms with Gasteiger partial charge in [0.2, 0.25) is 5.91 Å². The van der Waals surface area contributed by atoms with Gasteiger partial charge in [-0.15, -0.1) is 12.4 Å². The maximum Gasteiger partial charge on any atom is 0.244 e. The lowest BCUT2D eigenvalue weighted by atomic mass is 9.81. The van der Waals surface area contributed by atoms with Crippen molar-refractivity contribution in [2.24, 2.45) is 0 Å². The maximum atomic E-state index is 12.8. The van der Waals surface area contributed by atoms with Gasteiger partial charge in [0.1, 0.15) is 0 Å². The summed E-state index contributed by atoms with van der Waals surface area (Å²) in [5.74, 6) is 0.290. The van der Waals surface area contributed by atoms with Crippen molar-refractivity contribution in [2.45, 2.75) is 50.0 Å². The van der Waals surface area contributed by atoms with Gasteiger partial charge in [-0.3, -0.25) is 4.79 Å². The Bertz CT molecular complexity index is 533. The molecule has 1 saturated carbocycles. The fourth-order valence-electron chi connectivity index (χ4n) is 4.39. The zero-order chi connectivity index (χ0) is 13.6. The first kappa shape index (κ1) is 14.9. The molecule has 3 aliphatic rings. The van der Waals surface area contributed by atoms with Crippen LogP contribution in [0.25, 0.3) is 0 Å². The number of halogens is 1. The molecular formula is C17H23ClN2O. The van der Waals surface area contributed by atoms with Gasteiger partial charge in [-0.25, -0.2) is 0 Å². The molecule has 4 heteroatoms. The highest BCUT2D eigenvalue weighted by Gasteiger charge is 2.47. The first-order valence-corrected chi connectivity index (χ1v) is 7.94. The highest BCUT2D eigenvalue weighted by atomic mass is 35.5. The van der Waals surface area contributed by atoms with Crippen LogP contribution in [-0.4, -0.2) is 25.0 Å². The van der Waals surface area contributed by atoms with Crippen molar-refractivity contribution in [1.82, 2.24) is 5.32 Å². The van der Waals surface area contributed by atoms with E-state index >= 15 is 0 Å². The van der Waals surface area contributed by atoms with Crippen molar-refractivity contribution < 1.29 is 4.79 Å². The fraction of sp³-hybridized carbons (Fsp3) is 0.588. The van der Waals surface area contributed by atoms with Gasteiger partial charge in [0.05, 0.1) is 6.04 Å². The number of nitrogens with one attached hydrogen (secondary N) is 1. The molecule has 1 aliphatic carbocycles. The molecule has 1 amide bonds. The van der Waals surface area contributed by atoms with Crippen molar-refractivity contribution in [1.29, 1.82) is 0 Å². The normalized spacial score (nSPS) is 25.9. The summed E-state index contributed by atoms with van der Waals surface area (Å²) < 4.78 is 0. The Kier molecular flexibility index (Phi) is 3.98. The molecule has 1 aromatic carbocycles. The molecule has 1 N–H and O–H groups in total. The summed E-state index contributed by atoms with van der Waals surface area (Å²) in [5.41, 5.74) is 2.85. The van der Waals surface area contributed by atoms with Crippen LogP contribution in [0.4, 0.5) is 5.69 Å². The minimum atomic E-state index is 0. The Balaban J connectivity index is 0.00000132. The summed E-state index contributed by atoms with van der Waals surface area (Å²) in [6, 6.07) is 8.61. The first-order valence-electron chi connectivity index (χ1n) is 7.94. The smallest absolute Gasteiger partial charge is 0.244 e. The van der Waals surface area contributed by atoms with E-state index in [1.54, 1.807) is 0 Å². The molecule has 4 rings (SSSR count). The summed E-state index contributed by atoms with van der Waals surface area (Å²) in [6.07, 6.45) is 7.20. The molecule has 2 heterocycles. The maximum absolute atomic E-state index is 12.8. The average Bonchev–Trinajstić information content (AvgIpc) is 3.21. The molecule has 1 atom stereocenters. The van der Waals surface area contributed by atoms with Crippen LogP contribution in [-0.2, 0) is 10.2 Å². The van der Waals surface area contributed by atoms with Crippen LogP contribution >= 0.6 is 12.4 Å². The number of nitrogens with zero attached hydrogens (tertiary/aromatic N) is 1. The zero-order valence-electron chi connectivity index (χ0n) is 12.3. The van der Waals surface area contributed by atoms with Crippen LogP contribution in [0.15, 0.2) is 24.3 Å². The average molecular weight is 307 g/mol. The number of benzene rings is 1. The molecule has 1 saturated heterocycles. The van der Waals surface area contributed by atoms with E-state index in [1.165, 1.54) is 36.9 Å². The van der Waals surface area contributed by atoms with Gasteiger partial charge in [0.25, 0.3) is 0 Å². The van der Waals surface area contributed by atoms with E-state index < -0.39 is 0 Å². The lowest BCUT2D eigenvalue weighted by molar-refractivity contribution is -0.120. The van der Waals surface area contributed by atoms with Crippen LogP contribution in [0, 0.1) is 0 Å². The van der Waals surface area contributed by atoms with E-state index in [9.17, 15) is 4.79 Å². The molecule has 0 aromatic heterocycles. The van der Waals surface area contributed by atoms with Gasteiger partial charge < -0.3 is 10.2 Å². The molecule has 0 radical (unpaired) electrons. The highest BCUT2D eigenvalue weighted by Crippen LogP contribution is 2.50. The Morgan fingerprint density at radius 2 is 1.95 bits per heavy atom. The van der Waals surface area contributed by atoms with Crippen LogP contribution in [0.2, 0.25) is 0 Å². The van der Waals surface area contributed by atoms with E-state index in [0.29, 0.717) is 5.91 Å². The molecule has 3 nitrogen and oxygen atoms in total. The van der Waals surface area contributed by atoms with Crippen molar-refractivity contribution in [3.05, 3.63) is 29.8 Å². The van der Waals surface area contributed by atoms with Gasteiger partial charge in [-0.1, -0.05) is 31.0 Å². The quantitative estimate of drug-likeness (QED) is 0.865. The fourth-order valence-corrected chi connectivity index (χ4v) is 4.39. The third-order valence-electron chi connectivity index (χ3n) is 5.41. The second kappa shape index (κ2) is 5.62. The summed E-state index contributed by atoms with van der Waals surface area (Å²) in [7, 11) is 0. The number of fused-ring (bicyclic) bond motifs is 2. The van der Waals surface area contributed by atoms with Crippen molar-refractivity contribution >= 4 is 24.0 Å².